The van der Waals surface area contributed by atoms with E-state index >= 15 is 0 Å². The van der Waals surface area contributed by atoms with Gasteiger partial charge in [0.1, 0.15) is 5.75 Å². The van der Waals surface area contributed by atoms with Gasteiger partial charge in [-0.2, -0.15) is 13.2 Å². The number of hydrogen-bond donors (Lipinski definition) is 1. The Morgan fingerprint density at radius 3 is 2.30 bits per heavy atom. The fourth-order valence-corrected chi connectivity index (χ4v) is 2.57. The van der Waals surface area contributed by atoms with Gasteiger partial charge in [-0.05, 0) is 42.8 Å². The van der Waals surface area contributed by atoms with E-state index in [2.05, 4.69) is 0 Å². The molecule has 1 aliphatic rings. The van der Waals surface area contributed by atoms with E-state index in [1.54, 1.807) is 0 Å². The number of aryl methyl sites for hydroxylation is 1. The Balaban J connectivity index is 2.10. The lowest BCUT2D eigenvalue weighted by molar-refractivity contribution is -0.137. The molecular formula is C16H10F3NO3. The first kappa shape index (κ1) is 15.1. The van der Waals surface area contributed by atoms with Crippen molar-refractivity contribution < 1.29 is 27.9 Å². The van der Waals surface area contributed by atoms with Gasteiger partial charge >= 0.3 is 6.18 Å². The number of rotatable bonds is 1. The van der Waals surface area contributed by atoms with E-state index in [-0.39, 0.29) is 28.1 Å². The van der Waals surface area contributed by atoms with Gasteiger partial charge in [-0.15, -0.1) is 0 Å². The molecule has 0 bridgehead atoms. The zero-order chi connectivity index (χ0) is 16.9. The highest BCUT2D eigenvalue weighted by atomic mass is 19.4. The molecule has 1 heterocycles. The van der Waals surface area contributed by atoms with Crippen LogP contribution >= 0.6 is 0 Å². The van der Waals surface area contributed by atoms with Crippen LogP contribution in [0, 0.1) is 6.92 Å². The minimum Gasteiger partial charge on any atom is -0.507 e. The minimum atomic E-state index is -4.51. The lowest BCUT2D eigenvalue weighted by Crippen LogP contribution is -2.30. The van der Waals surface area contributed by atoms with Gasteiger partial charge in [-0.3, -0.25) is 9.59 Å². The first-order valence-electron chi connectivity index (χ1n) is 6.60. The van der Waals surface area contributed by atoms with Gasteiger partial charge in [-0.1, -0.05) is 6.07 Å². The first-order valence-corrected chi connectivity index (χ1v) is 6.60. The fourth-order valence-electron chi connectivity index (χ4n) is 2.57. The summed E-state index contributed by atoms with van der Waals surface area (Å²) in [6.45, 7) is 1.38. The number of carbonyl (C=O) groups excluding carboxylic acids is 2. The van der Waals surface area contributed by atoms with Crippen LogP contribution in [-0.4, -0.2) is 16.9 Å². The van der Waals surface area contributed by atoms with Crippen LogP contribution in [0.15, 0.2) is 36.4 Å². The number of amides is 2. The third kappa shape index (κ3) is 2.25. The third-order valence-corrected chi connectivity index (χ3v) is 3.66. The standard InChI is InChI=1S/C16H10F3NO3/c1-8-7-9(16(17,18)19)5-6-11(8)20-14(22)10-3-2-4-12(21)13(10)15(20)23/h2-7,21H,1H3. The van der Waals surface area contributed by atoms with E-state index in [0.29, 0.717) is 0 Å². The molecule has 2 amide bonds. The predicted octanol–water partition coefficient (Wildman–Crippen LogP) is 3.52. The van der Waals surface area contributed by atoms with Crippen LogP contribution in [0.5, 0.6) is 5.75 Å². The Hall–Kier alpha value is -2.83. The van der Waals surface area contributed by atoms with Gasteiger partial charge in [0.25, 0.3) is 11.8 Å². The molecule has 0 saturated carbocycles. The van der Waals surface area contributed by atoms with Crippen LogP contribution in [-0.2, 0) is 6.18 Å². The monoisotopic (exact) mass is 321 g/mol. The third-order valence-electron chi connectivity index (χ3n) is 3.66. The van der Waals surface area contributed by atoms with E-state index in [4.69, 9.17) is 0 Å². The van der Waals surface area contributed by atoms with Gasteiger partial charge in [0.2, 0.25) is 0 Å². The molecule has 2 aromatic rings. The molecule has 7 heteroatoms. The lowest BCUT2D eigenvalue weighted by atomic mass is 10.1. The first-order chi connectivity index (χ1) is 10.7. The number of imide groups is 1. The molecule has 1 N–H and O–H groups in total. The Kier molecular flexibility index (Phi) is 3.17. The Morgan fingerprint density at radius 2 is 1.74 bits per heavy atom. The lowest BCUT2D eigenvalue weighted by Gasteiger charge is -2.18. The van der Waals surface area contributed by atoms with Crippen molar-refractivity contribution in [2.75, 3.05) is 4.90 Å². The molecule has 0 radical (unpaired) electrons. The summed E-state index contributed by atoms with van der Waals surface area (Å²) in [5.41, 5.74) is -0.790. The van der Waals surface area contributed by atoms with E-state index < -0.39 is 23.6 Å². The van der Waals surface area contributed by atoms with Crippen molar-refractivity contribution in [2.24, 2.45) is 0 Å². The molecule has 0 aromatic heterocycles. The molecule has 0 atom stereocenters. The predicted molar refractivity (Wildman–Crippen MR) is 75.4 cm³/mol. The van der Waals surface area contributed by atoms with Crippen molar-refractivity contribution in [1.82, 2.24) is 0 Å². The molecule has 3 rings (SSSR count). The number of phenolic OH excluding ortho intramolecular Hbond substituents is 1. The largest absolute Gasteiger partial charge is 0.507 e. The van der Waals surface area contributed by atoms with Gasteiger partial charge in [0.05, 0.1) is 22.4 Å². The molecule has 0 unspecified atom stereocenters. The van der Waals surface area contributed by atoms with Crippen molar-refractivity contribution in [3.8, 4) is 5.75 Å². The minimum absolute atomic E-state index is 0.0225. The summed E-state index contributed by atoms with van der Waals surface area (Å²) in [5, 5.41) is 9.76. The van der Waals surface area contributed by atoms with Gasteiger partial charge < -0.3 is 5.11 Å². The quantitative estimate of drug-likeness (QED) is 0.818. The number of aromatic hydroxyl groups is 1. The molecule has 0 fully saturated rings. The molecule has 23 heavy (non-hydrogen) atoms. The second kappa shape index (κ2) is 4.84. The molecule has 0 saturated heterocycles. The summed E-state index contributed by atoms with van der Waals surface area (Å²) >= 11 is 0. The Bertz CT molecular complexity index is 843. The summed E-state index contributed by atoms with van der Waals surface area (Å²) in [5.74, 6) is -1.78. The number of hydrogen-bond acceptors (Lipinski definition) is 3. The SMILES string of the molecule is Cc1cc(C(F)(F)F)ccc1N1C(=O)c2cccc(O)c2C1=O. The summed E-state index contributed by atoms with van der Waals surface area (Å²) < 4.78 is 38.2. The number of halogens is 3. The van der Waals surface area contributed by atoms with Crippen LogP contribution in [0.25, 0.3) is 0 Å². The van der Waals surface area contributed by atoms with E-state index in [9.17, 15) is 27.9 Å². The van der Waals surface area contributed by atoms with Crippen LogP contribution in [0.4, 0.5) is 18.9 Å². The van der Waals surface area contributed by atoms with E-state index in [1.165, 1.54) is 25.1 Å². The zero-order valence-corrected chi connectivity index (χ0v) is 11.8. The zero-order valence-electron chi connectivity index (χ0n) is 11.8. The van der Waals surface area contributed by atoms with Crippen LogP contribution in [0.1, 0.15) is 31.8 Å². The smallest absolute Gasteiger partial charge is 0.416 e. The number of anilines is 1. The molecule has 1 aliphatic heterocycles. The molecule has 118 valence electrons. The number of fused-ring (bicyclic) bond motifs is 1. The molecular weight excluding hydrogens is 311 g/mol. The van der Waals surface area contributed by atoms with Gasteiger partial charge in [-0.25, -0.2) is 4.90 Å². The second-order valence-corrected chi connectivity index (χ2v) is 5.14. The number of benzene rings is 2. The molecule has 0 aliphatic carbocycles. The Morgan fingerprint density at radius 1 is 1.04 bits per heavy atom. The van der Waals surface area contributed by atoms with Gasteiger partial charge in [0, 0.05) is 0 Å². The van der Waals surface area contributed by atoms with E-state index in [0.717, 1.165) is 23.1 Å². The Labute approximate surface area is 128 Å². The number of carbonyl (C=O) groups is 2. The highest BCUT2D eigenvalue weighted by molar-refractivity contribution is 6.35. The fraction of sp³-hybridized carbons (Fsp3) is 0.125. The van der Waals surface area contributed by atoms with Crippen LogP contribution < -0.4 is 4.90 Å². The highest BCUT2D eigenvalue weighted by Crippen LogP contribution is 2.37. The second-order valence-electron chi connectivity index (χ2n) is 5.14. The summed E-state index contributed by atoms with van der Waals surface area (Å²) in [6.07, 6.45) is -4.51. The summed E-state index contributed by atoms with van der Waals surface area (Å²) in [7, 11) is 0. The molecule has 2 aromatic carbocycles. The maximum Gasteiger partial charge on any atom is 0.416 e. The van der Waals surface area contributed by atoms with Crippen molar-refractivity contribution in [2.45, 2.75) is 13.1 Å². The van der Waals surface area contributed by atoms with Crippen molar-refractivity contribution in [3.63, 3.8) is 0 Å². The van der Waals surface area contributed by atoms with Crippen molar-refractivity contribution in [1.29, 1.82) is 0 Å². The number of nitrogens with zero attached hydrogens (tertiary/aromatic N) is 1. The van der Waals surface area contributed by atoms with Crippen molar-refractivity contribution in [3.05, 3.63) is 58.7 Å². The molecule has 4 nitrogen and oxygen atoms in total. The maximum atomic E-state index is 12.7. The number of alkyl halides is 3. The average molecular weight is 321 g/mol. The average Bonchev–Trinajstić information content (AvgIpc) is 2.71. The maximum absolute atomic E-state index is 12.7. The number of phenols is 1. The van der Waals surface area contributed by atoms with Crippen molar-refractivity contribution >= 4 is 17.5 Å². The van der Waals surface area contributed by atoms with E-state index in [1.807, 2.05) is 0 Å². The molecule has 0 spiro atoms. The normalized spacial score (nSPS) is 14.3. The topological polar surface area (TPSA) is 57.6 Å². The summed E-state index contributed by atoms with van der Waals surface area (Å²) in [6, 6.07) is 6.84. The van der Waals surface area contributed by atoms with Gasteiger partial charge in [0.15, 0.2) is 0 Å². The highest BCUT2D eigenvalue weighted by Gasteiger charge is 2.40. The summed E-state index contributed by atoms with van der Waals surface area (Å²) in [4.78, 5) is 25.5. The van der Waals surface area contributed by atoms with Crippen LogP contribution in [0.2, 0.25) is 0 Å². The van der Waals surface area contributed by atoms with Crippen LogP contribution in [0.3, 0.4) is 0 Å².